The van der Waals surface area contributed by atoms with Gasteiger partial charge in [-0.25, -0.2) is 0 Å². The van der Waals surface area contributed by atoms with Crippen LogP contribution >= 0.6 is 0 Å². The zero-order chi connectivity index (χ0) is 7.84. The Bertz CT molecular complexity index is 174. The highest BCUT2D eigenvalue weighted by atomic mass is 16.2. The van der Waals surface area contributed by atoms with E-state index in [1.54, 1.807) is 0 Å². The molecule has 0 aromatic heterocycles. The molecule has 2 rings (SSSR count). The minimum atomic E-state index is 0.311. The van der Waals surface area contributed by atoms with Crippen molar-refractivity contribution in [3.63, 3.8) is 0 Å². The van der Waals surface area contributed by atoms with Crippen LogP contribution in [0.1, 0.15) is 32.6 Å². The van der Waals surface area contributed by atoms with Gasteiger partial charge in [0, 0.05) is 12.0 Å². The maximum atomic E-state index is 11.2. The second kappa shape index (κ2) is 2.50. The molecule has 2 aliphatic rings. The van der Waals surface area contributed by atoms with Gasteiger partial charge >= 0.3 is 0 Å². The molecule has 0 aromatic carbocycles. The smallest absolute Gasteiger partial charge is 0.223 e. The Kier molecular flexibility index (Phi) is 1.63. The summed E-state index contributed by atoms with van der Waals surface area (Å²) in [5.74, 6) is 1.48. The average Bonchev–Trinajstić information content (AvgIpc) is 2.84. The van der Waals surface area contributed by atoms with Crippen molar-refractivity contribution >= 4 is 5.91 Å². The molecule has 2 nitrogen and oxygen atoms in total. The molecule has 0 aliphatic heterocycles. The lowest BCUT2D eigenvalue weighted by atomic mass is 10.3. The summed E-state index contributed by atoms with van der Waals surface area (Å²) >= 11 is 0. The number of carbonyl (C=O) groups excluding carboxylic acids is 1. The second-order valence-electron chi connectivity index (χ2n) is 3.79. The standard InChI is InChI=1S/C9H15NO/c1-2-6-5-8(6)10-9(11)7-3-4-7/h6-8H,2-5H2,1H3,(H,10,11)/t6-,8-/m1/s1. The molecule has 0 radical (unpaired) electrons. The summed E-state index contributed by atoms with van der Waals surface area (Å²) in [7, 11) is 0. The molecule has 2 fully saturated rings. The monoisotopic (exact) mass is 153 g/mol. The number of carbonyl (C=O) groups is 1. The predicted molar refractivity (Wildman–Crippen MR) is 43.1 cm³/mol. The zero-order valence-electron chi connectivity index (χ0n) is 6.97. The van der Waals surface area contributed by atoms with E-state index < -0.39 is 0 Å². The van der Waals surface area contributed by atoms with E-state index in [0.29, 0.717) is 17.9 Å². The molecule has 0 aromatic rings. The molecule has 2 aliphatic carbocycles. The lowest BCUT2D eigenvalue weighted by molar-refractivity contribution is -0.122. The van der Waals surface area contributed by atoms with Crippen LogP contribution < -0.4 is 5.32 Å². The van der Waals surface area contributed by atoms with Gasteiger partial charge in [-0.05, 0) is 25.2 Å². The van der Waals surface area contributed by atoms with Gasteiger partial charge in [0.1, 0.15) is 0 Å². The van der Waals surface area contributed by atoms with Gasteiger partial charge in [-0.3, -0.25) is 4.79 Å². The van der Waals surface area contributed by atoms with Crippen LogP contribution in [0.3, 0.4) is 0 Å². The van der Waals surface area contributed by atoms with E-state index in [2.05, 4.69) is 12.2 Å². The molecular formula is C9H15NO. The van der Waals surface area contributed by atoms with Crippen molar-refractivity contribution in [3.8, 4) is 0 Å². The molecule has 1 amide bonds. The van der Waals surface area contributed by atoms with E-state index in [1.807, 2.05) is 0 Å². The summed E-state index contributed by atoms with van der Waals surface area (Å²) < 4.78 is 0. The summed E-state index contributed by atoms with van der Waals surface area (Å²) in [6, 6.07) is 0.535. The van der Waals surface area contributed by atoms with E-state index in [1.165, 1.54) is 12.8 Å². The van der Waals surface area contributed by atoms with Gasteiger partial charge in [-0.2, -0.15) is 0 Å². The van der Waals surface area contributed by atoms with Gasteiger partial charge in [0.15, 0.2) is 0 Å². The quantitative estimate of drug-likeness (QED) is 0.650. The molecule has 0 saturated heterocycles. The van der Waals surface area contributed by atoms with Crippen molar-refractivity contribution in [3.05, 3.63) is 0 Å². The Labute approximate surface area is 67.4 Å². The van der Waals surface area contributed by atoms with Crippen LogP contribution in [-0.4, -0.2) is 11.9 Å². The second-order valence-corrected chi connectivity index (χ2v) is 3.79. The number of hydrogen-bond acceptors (Lipinski definition) is 1. The Morgan fingerprint density at radius 2 is 2.27 bits per heavy atom. The topological polar surface area (TPSA) is 29.1 Å². The highest BCUT2D eigenvalue weighted by Gasteiger charge is 2.39. The molecule has 0 spiro atoms. The van der Waals surface area contributed by atoms with E-state index in [-0.39, 0.29) is 0 Å². The SMILES string of the molecule is CC[C@@H]1C[C@H]1NC(=O)C1CC1. The van der Waals surface area contributed by atoms with Crippen molar-refractivity contribution in [1.82, 2.24) is 5.32 Å². The Balaban J connectivity index is 1.70. The number of hydrogen-bond donors (Lipinski definition) is 1. The molecule has 11 heavy (non-hydrogen) atoms. The third-order valence-electron chi connectivity index (χ3n) is 2.72. The first-order valence-electron chi connectivity index (χ1n) is 4.61. The minimum Gasteiger partial charge on any atom is -0.353 e. The third kappa shape index (κ3) is 1.55. The van der Waals surface area contributed by atoms with Crippen LogP contribution in [0.5, 0.6) is 0 Å². The Morgan fingerprint density at radius 1 is 1.55 bits per heavy atom. The Morgan fingerprint density at radius 3 is 2.73 bits per heavy atom. The first-order valence-corrected chi connectivity index (χ1v) is 4.61. The lowest BCUT2D eigenvalue weighted by Crippen LogP contribution is -2.27. The van der Waals surface area contributed by atoms with Crippen molar-refractivity contribution in [2.24, 2.45) is 11.8 Å². The van der Waals surface area contributed by atoms with Crippen molar-refractivity contribution in [1.29, 1.82) is 0 Å². The Hall–Kier alpha value is -0.530. The van der Waals surface area contributed by atoms with E-state index in [9.17, 15) is 4.79 Å². The highest BCUT2D eigenvalue weighted by molar-refractivity contribution is 5.81. The molecule has 0 unspecified atom stereocenters. The maximum Gasteiger partial charge on any atom is 0.223 e. The molecule has 0 bridgehead atoms. The van der Waals surface area contributed by atoms with Crippen LogP contribution in [0.15, 0.2) is 0 Å². The summed E-state index contributed by atoms with van der Waals surface area (Å²) in [6.07, 6.45) is 4.68. The van der Waals surface area contributed by atoms with Gasteiger partial charge in [0.25, 0.3) is 0 Å². The highest BCUT2D eigenvalue weighted by Crippen LogP contribution is 2.35. The summed E-state index contributed by atoms with van der Waals surface area (Å²) in [5.41, 5.74) is 0. The molecule has 1 N–H and O–H groups in total. The average molecular weight is 153 g/mol. The van der Waals surface area contributed by atoms with Crippen LogP contribution in [0.25, 0.3) is 0 Å². The minimum absolute atomic E-state index is 0.311. The fourth-order valence-corrected chi connectivity index (χ4v) is 1.52. The fraction of sp³-hybridized carbons (Fsp3) is 0.889. The first kappa shape index (κ1) is 7.14. The zero-order valence-corrected chi connectivity index (χ0v) is 6.97. The normalized spacial score (nSPS) is 35.0. The molecule has 62 valence electrons. The van der Waals surface area contributed by atoms with E-state index >= 15 is 0 Å². The largest absolute Gasteiger partial charge is 0.353 e. The van der Waals surface area contributed by atoms with Gasteiger partial charge in [0.2, 0.25) is 5.91 Å². The predicted octanol–water partition coefficient (Wildman–Crippen LogP) is 1.31. The molecular weight excluding hydrogens is 138 g/mol. The summed E-state index contributed by atoms with van der Waals surface area (Å²) in [5, 5.41) is 3.08. The van der Waals surface area contributed by atoms with Crippen molar-refractivity contribution in [2.75, 3.05) is 0 Å². The maximum absolute atomic E-state index is 11.2. The molecule has 2 saturated carbocycles. The fourth-order valence-electron chi connectivity index (χ4n) is 1.52. The summed E-state index contributed by atoms with van der Waals surface area (Å²) in [4.78, 5) is 11.2. The van der Waals surface area contributed by atoms with Gasteiger partial charge in [-0.15, -0.1) is 0 Å². The number of nitrogens with one attached hydrogen (secondary N) is 1. The molecule has 0 heterocycles. The molecule has 2 atom stereocenters. The van der Waals surface area contributed by atoms with Crippen LogP contribution in [0, 0.1) is 11.8 Å². The number of rotatable bonds is 3. The van der Waals surface area contributed by atoms with Crippen LogP contribution in [-0.2, 0) is 4.79 Å². The lowest BCUT2D eigenvalue weighted by Gasteiger charge is -2.00. The van der Waals surface area contributed by atoms with Gasteiger partial charge < -0.3 is 5.32 Å². The van der Waals surface area contributed by atoms with E-state index in [4.69, 9.17) is 0 Å². The van der Waals surface area contributed by atoms with Crippen molar-refractivity contribution in [2.45, 2.75) is 38.6 Å². The summed E-state index contributed by atoms with van der Waals surface area (Å²) in [6.45, 7) is 2.19. The van der Waals surface area contributed by atoms with Crippen molar-refractivity contribution < 1.29 is 4.79 Å². The van der Waals surface area contributed by atoms with Gasteiger partial charge in [-0.1, -0.05) is 13.3 Å². The van der Waals surface area contributed by atoms with Crippen LogP contribution in [0.4, 0.5) is 0 Å². The molecule has 2 heteroatoms. The van der Waals surface area contributed by atoms with E-state index in [0.717, 1.165) is 18.8 Å². The van der Waals surface area contributed by atoms with Gasteiger partial charge in [0.05, 0.1) is 0 Å². The van der Waals surface area contributed by atoms with Crippen LogP contribution in [0.2, 0.25) is 0 Å². The number of amides is 1. The first-order chi connectivity index (χ1) is 5.31. The third-order valence-corrected chi connectivity index (χ3v) is 2.72.